The minimum Gasteiger partial charge on any atom is -0.346 e. The zero-order valence-electron chi connectivity index (χ0n) is 16.6. The van der Waals surface area contributed by atoms with E-state index in [0.29, 0.717) is 12.5 Å². The molecule has 0 bridgehead atoms. The highest BCUT2D eigenvalue weighted by molar-refractivity contribution is 5.78. The summed E-state index contributed by atoms with van der Waals surface area (Å²) in [5.74, 6) is 1.39. The van der Waals surface area contributed by atoms with Gasteiger partial charge >= 0.3 is 0 Å². The van der Waals surface area contributed by atoms with E-state index >= 15 is 0 Å². The van der Waals surface area contributed by atoms with E-state index in [1.807, 2.05) is 0 Å². The van der Waals surface area contributed by atoms with Crippen molar-refractivity contribution >= 4 is 5.91 Å². The summed E-state index contributed by atoms with van der Waals surface area (Å²) in [7, 11) is 0. The molecule has 2 aliphatic rings. The molecule has 6 heteroatoms. The Morgan fingerprint density at radius 1 is 0.962 bits per heavy atom. The van der Waals surface area contributed by atoms with E-state index in [1.165, 1.54) is 31.4 Å². The predicted molar refractivity (Wildman–Crippen MR) is 104 cm³/mol. The summed E-state index contributed by atoms with van der Waals surface area (Å²) in [5, 5.41) is 0. The van der Waals surface area contributed by atoms with Crippen molar-refractivity contribution in [2.45, 2.75) is 58.9 Å². The summed E-state index contributed by atoms with van der Waals surface area (Å²) >= 11 is 0. The molecule has 1 aromatic rings. The maximum absolute atomic E-state index is 12.7. The van der Waals surface area contributed by atoms with Crippen molar-refractivity contribution in [3.8, 4) is 0 Å². The SMILES string of the molecule is CCc1nc(CN2CCCN(C(=O)CN3CCCCCC3)CC2)c(C)[nH]1. The van der Waals surface area contributed by atoms with Gasteiger partial charge in [-0.3, -0.25) is 14.6 Å². The molecular weight excluding hydrogens is 326 g/mol. The van der Waals surface area contributed by atoms with Gasteiger partial charge in [-0.05, 0) is 39.3 Å². The van der Waals surface area contributed by atoms with Crippen molar-refractivity contribution < 1.29 is 4.79 Å². The first-order chi connectivity index (χ1) is 12.7. The fraction of sp³-hybridized carbons (Fsp3) is 0.800. The number of hydrogen-bond acceptors (Lipinski definition) is 4. The topological polar surface area (TPSA) is 55.5 Å². The second-order valence-corrected chi connectivity index (χ2v) is 7.81. The minimum atomic E-state index is 0.318. The maximum atomic E-state index is 12.7. The van der Waals surface area contributed by atoms with E-state index in [-0.39, 0.29) is 0 Å². The number of aromatic amines is 1. The lowest BCUT2D eigenvalue weighted by Crippen LogP contribution is -2.42. The number of amides is 1. The number of aromatic nitrogens is 2. The number of hydrogen-bond donors (Lipinski definition) is 1. The lowest BCUT2D eigenvalue weighted by molar-refractivity contribution is -0.132. The molecule has 26 heavy (non-hydrogen) atoms. The molecule has 0 radical (unpaired) electrons. The normalized spacial score (nSPS) is 20.8. The van der Waals surface area contributed by atoms with Crippen molar-refractivity contribution in [2.75, 3.05) is 45.8 Å². The number of nitrogens with one attached hydrogen (secondary N) is 1. The molecule has 0 spiro atoms. The van der Waals surface area contributed by atoms with Crippen LogP contribution in [0.3, 0.4) is 0 Å². The number of nitrogens with zero attached hydrogens (tertiary/aromatic N) is 4. The molecule has 1 amide bonds. The third kappa shape index (κ3) is 5.30. The first-order valence-corrected chi connectivity index (χ1v) is 10.4. The van der Waals surface area contributed by atoms with Crippen LogP contribution in [0.2, 0.25) is 0 Å². The quantitative estimate of drug-likeness (QED) is 0.873. The van der Waals surface area contributed by atoms with Crippen molar-refractivity contribution in [3.05, 3.63) is 17.2 Å². The number of carbonyl (C=O) groups excluding carboxylic acids is 1. The van der Waals surface area contributed by atoms with E-state index in [4.69, 9.17) is 4.98 Å². The first-order valence-electron chi connectivity index (χ1n) is 10.4. The van der Waals surface area contributed by atoms with Crippen LogP contribution in [0.1, 0.15) is 56.2 Å². The molecule has 0 atom stereocenters. The van der Waals surface area contributed by atoms with Gasteiger partial charge in [0.25, 0.3) is 0 Å². The number of rotatable bonds is 5. The molecule has 0 saturated carbocycles. The first kappa shape index (κ1) is 19.4. The van der Waals surface area contributed by atoms with Gasteiger partial charge in [-0.25, -0.2) is 4.98 Å². The van der Waals surface area contributed by atoms with Gasteiger partial charge in [-0.2, -0.15) is 0 Å². The Morgan fingerprint density at radius 3 is 2.38 bits per heavy atom. The summed E-state index contributed by atoms with van der Waals surface area (Å²) in [6.07, 6.45) is 7.11. The van der Waals surface area contributed by atoms with Gasteiger partial charge in [-0.1, -0.05) is 19.8 Å². The molecule has 2 aliphatic heterocycles. The number of H-pyrrole nitrogens is 1. The van der Waals surface area contributed by atoms with Crippen LogP contribution in [0, 0.1) is 6.92 Å². The summed E-state index contributed by atoms with van der Waals surface area (Å²) in [4.78, 5) is 27.7. The predicted octanol–water partition coefficient (Wildman–Crippen LogP) is 2.19. The molecular formula is C20H35N5O. The number of aryl methyl sites for hydroxylation is 2. The lowest BCUT2D eigenvalue weighted by atomic mass is 10.2. The van der Waals surface area contributed by atoms with E-state index in [1.54, 1.807) is 0 Å². The Kier molecular flexibility index (Phi) is 7.08. The minimum absolute atomic E-state index is 0.318. The molecule has 0 unspecified atom stereocenters. The average Bonchev–Trinajstić information content (AvgIpc) is 2.84. The van der Waals surface area contributed by atoms with E-state index in [0.717, 1.165) is 70.2 Å². The zero-order valence-corrected chi connectivity index (χ0v) is 16.6. The van der Waals surface area contributed by atoms with Crippen LogP contribution < -0.4 is 0 Å². The smallest absolute Gasteiger partial charge is 0.236 e. The van der Waals surface area contributed by atoms with E-state index < -0.39 is 0 Å². The lowest BCUT2D eigenvalue weighted by Gasteiger charge is -2.26. The molecule has 1 aromatic heterocycles. The van der Waals surface area contributed by atoms with Crippen LogP contribution >= 0.6 is 0 Å². The van der Waals surface area contributed by atoms with Crippen LogP contribution in [0.5, 0.6) is 0 Å². The summed E-state index contributed by atoms with van der Waals surface area (Å²) in [5.41, 5.74) is 2.34. The number of likely N-dealkylation sites (tertiary alicyclic amines) is 1. The molecule has 1 N–H and O–H groups in total. The van der Waals surface area contributed by atoms with E-state index in [2.05, 4.69) is 33.5 Å². The Morgan fingerprint density at radius 2 is 1.69 bits per heavy atom. The Bertz CT molecular complexity index is 577. The third-order valence-corrected chi connectivity index (χ3v) is 5.74. The van der Waals surface area contributed by atoms with Gasteiger partial charge in [0.1, 0.15) is 5.82 Å². The maximum Gasteiger partial charge on any atom is 0.236 e. The number of carbonyl (C=O) groups is 1. The fourth-order valence-electron chi connectivity index (χ4n) is 4.06. The highest BCUT2D eigenvalue weighted by Gasteiger charge is 2.22. The molecule has 3 heterocycles. The standard InChI is InChI=1S/C20H35N5O/c1-3-19-21-17(2)18(22-19)15-24-11-8-12-25(14-13-24)20(26)16-23-9-6-4-5-7-10-23/h3-16H2,1-2H3,(H,21,22). The van der Waals surface area contributed by atoms with Gasteiger partial charge in [0.15, 0.2) is 0 Å². The fourth-order valence-corrected chi connectivity index (χ4v) is 4.06. The molecule has 0 aromatic carbocycles. The zero-order chi connectivity index (χ0) is 18.4. The van der Waals surface area contributed by atoms with Crippen molar-refractivity contribution in [3.63, 3.8) is 0 Å². The van der Waals surface area contributed by atoms with Crippen LogP contribution in [0.15, 0.2) is 0 Å². The summed E-state index contributed by atoms with van der Waals surface area (Å²) < 4.78 is 0. The van der Waals surface area contributed by atoms with Crippen LogP contribution in [0.4, 0.5) is 0 Å². The molecule has 3 rings (SSSR count). The van der Waals surface area contributed by atoms with Gasteiger partial charge in [0.2, 0.25) is 5.91 Å². The Hall–Kier alpha value is -1.40. The average molecular weight is 362 g/mol. The molecule has 2 saturated heterocycles. The monoisotopic (exact) mass is 361 g/mol. The summed E-state index contributed by atoms with van der Waals surface area (Å²) in [6.45, 7) is 11.6. The third-order valence-electron chi connectivity index (χ3n) is 5.74. The van der Waals surface area contributed by atoms with Crippen molar-refractivity contribution in [2.24, 2.45) is 0 Å². The van der Waals surface area contributed by atoms with Crippen LogP contribution in [-0.4, -0.2) is 76.4 Å². The molecule has 6 nitrogen and oxygen atoms in total. The van der Waals surface area contributed by atoms with Crippen molar-refractivity contribution in [1.82, 2.24) is 24.7 Å². The van der Waals surface area contributed by atoms with Crippen LogP contribution in [0.25, 0.3) is 0 Å². The second-order valence-electron chi connectivity index (χ2n) is 7.81. The molecule has 146 valence electrons. The van der Waals surface area contributed by atoms with Gasteiger partial charge < -0.3 is 9.88 Å². The van der Waals surface area contributed by atoms with E-state index in [9.17, 15) is 4.79 Å². The van der Waals surface area contributed by atoms with Gasteiger partial charge in [-0.15, -0.1) is 0 Å². The second kappa shape index (κ2) is 9.51. The molecule has 0 aliphatic carbocycles. The van der Waals surface area contributed by atoms with Crippen molar-refractivity contribution in [1.29, 1.82) is 0 Å². The van der Waals surface area contributed by atoms with Gasteiger partial charge in [0.05, 0.1) is 12.2 Å². The summed E-state index contributed by atoms with van der Waals surface area (Å²) in [6, 6.07) is 0. The highest BCUT2D eigenvalue weighted by atomic mass is 16.2. The number of imidazole rings is 1. The molecule has 2 fully saturated rings. The largest absolute Gasteiger partial charge is 0.346 e. The van der Waals surface area contributed by atoms with Crippen LogP contribution in [-0.2, 0) is 17.8 Å². The Labute approximate surface area is 157 Å². The van der Waals surface area contributed by atoms with Gasteiger partial charge in [0, 0.05) is 44.8 Å². The highest BCUT2D eigenvalue weighted by Crippen LogP contribution is 2.13. The Balaban J connectivity index is 1.49.